The van der Waals surface area contributed by atoms with Gasteiger partial charge in [0, 0.05) is 12.1 Å². The first kappa shape index (κ1) is 13.9. The number of halogens is 1. The zero-order chi connectivity index (χ0) is 13.5. The molecule has 3 nitrogen and oxygen atoms in total. The van der Waals surface area contributed by atoms with Crippen molar-refractivity contribution in [3.63, 3.8) is 0 Å². The summed E-state index contributed by atoms with van der Waals surface area (Å²) in [6, 6.07) is 15.5. The van der Waals surface area contributed by atoms with Crippen molar-refractivity contribution in [3.8, 4) is 11.5 Å². The predicted molar refractivity (Wildman–Crippen MR) is 79.5 cm³/mol. The first-order valence-electron chi connectivity index (χ1n) is 6.09. The maximum Gasteiger partial charge on any atom is 0.133 e. The van der Waals surface area contributed by atoms with Crippen LogP contribution in [0.5, 0.6) is 11.5 Å². The van der Waals surface area contributed by atoms with Crippen LogP contribution in [0, 0.1) is 0 Å². The Bertz CT molecular complexity index is 531. The summed E-state index contributed by atoms with van der Waals surface area (Å²) in [7, 11) is 0. The summed E-state index contributed by atoms with van der Waals surface area (Å²) in [6.45, 7) is 1.45. The lowest BCUT2D eigenvalue weighted by Crippen LogP contribution is -2.11. The second-order valence-corrected chi connectivity index (χ2v) is 4.79. The summed E-state index contributed by atoms with van der Waals surface area (Å²) in [6.07, 6.45) is 0. The number of rotatable bonds is 6. The molecule has 0 aliphatic heterocycles. The molecule has 2 rings (SSSR count). The highest BCUT2D eigenvalue weighted by atomic mass is 79.9. The van der Waals surface area contributed by atoms with E-state index in [1.165, 1.54) is 0 Å². The van der Waals surface area contributed by atoms with Gasteiger partial charge in [0.25, 0.3) is 0 Å². The molecule has 0 aromatic heterocycles. The van der Waals surface area contributed by atoms with Gasteiger partial charge in [0.2, 0.25) is 0 Å². The van der Waals surface area contributed by atoms with Crippen molar-refractivity contribution >= 4 is 15.9 Å². The van der Waals surface area contributed by atoms with Crippen molar-refractivity contribution in [1.29, 1.82) is 0 Å². The molecule has 0 aliphatic rings. The summed E-state index contributed by atoms with van der Waals surface area (Å²) in [5.74, 6) is 1.64. The molecule has 0 spiro atoms. The SMILES string of the molecule is NCc1ccccc1OCCOc1ccccc1Br. The zero-order valence-electron chi connectivity index (χ0n) is 10.5. The van der Waals surface area contributed by atoms with Gasteiger partial charge in [-0.2, -0.15) is 0 Å². The van der Waals surface area contributed by atoms with Crippen molar-refractivity contribution in [3.05, 3.63) is 58.6 Å². The number of benzene rings is 2. The van der Waals surface area contributed by atoms with E-state index in [2.05, 4.69) is 15.9 Å². The monoisotopic (exact) mass is 321 g/mol. The number of hydrogen-bond donors (Lipinski definition) is 1. The quantitative estimate of drug-likeness (QED) is 0.830. The Labute approximate surface area is 121 Å². The molecule has 100 valence electrons. The van der Waals surface area contributed by atoms with E-state index in [9.17, 15) is 0 Å². The van der Waals surface area contributed by atoms with Crippen LogP contribution in [-0.4, -0.2) is 13.2 Å². The fourth-order valence-electron chi connectivity index (χ4n) is 1.68. The summed E-state index contributed by atoms with van der Waals surface area (Å²) < 4.78 is 12.2. The van der Waals surface area contributed by atoms with E-state index in [1.807, 2.05) is 48.5 Å². The van der Waals surface area contributed by atoms with Crippen LogP contribution in [0.2, 0.25) is 0 Å². The Kier molecular flexibility index (Phi) is 5.24. The molecule has 2 aromatic rings. The van der Waals surface area contributed by atoms with Crippen LogP contribution in [0.25, 0.3) is 0 Å². The molecule has 4 heteroatoms. The summed E-state index contributed by atoms with van der Waals surface area (Å²) in [5.41, 5.74) is 6.65. The van der Waals surface area contributed by atoms with Crippen LogP contribution in [-0.2, 0) is 6.54 Å². The standard InChI is InChI=1S/C15H16BrNO2/c16-13-6-2-4-8-15(13)19-10-9-18-14-7-3-1-5-12(14)11-17/h1-8H,9-11,17H2. The van der Waals surface area contributed by atoms with Gasteiger partial charge in [-0.15, -0.1) is 0 Å². The number of para-hydroxylation sites is 2. The van der Waals surface area contributed by atoms with Gasteiger partial charge in [-0.05, 0) is 34.1 Å². The van der Waals surface area contributed by atoms with Crippen LogP contribution in [0.3, 0.4) is 0 Å². The molecule has 0 heterocycles. The lowest BCUT2D eigenvalue weighted by atomic mass is 10.2. The molecule has 0 radical (unpaired) electrons. The predicted octanol–water partition coefficient (Wildman–Crippen LogP) is 3.37. The highest BCUT2D eigenvalue weighted by molar-refractivity contribution is 9.10. The molecule has 0 aliphatic carbocycles. The van der Waals surface area contributed by atoms with E-state index >= 15 is 0 Å². The van der Waals surface area contributed by atoms with E-state index in [4.69, 9.17) is 15.2 Å². The van der Waals surface area contributed by atoms with Gasteiger partial charge in [-0.25, -0.2) is 0 Å². The number of ether oxygens (including phenoxy) is 2. The Balaban J connectivity index is 1.83. The summed E-state index contributed by atoms with van der Waals surface area (Å²) >= 11 is 3.43. The van der Waals surface area contributed by atoms with Gasteiger partial charge < -0.3 is 15.2 Å². The largest absolute Gasteiger partial charge is 0.490 e. The van der Waals surface area contributed by atoms with Crippen LogP contribution >= 0.6 is 15.9 Å². The van der Waals surface area contributed by atoms with Crippen molar-refractivity contribution in [2.45, 2.75) is 6.54 Å². The Morgan fingerprint density at radius 1 is 0.842 bits per heavy atom. The highest BCUT2D eigenvalue weighted by Crippen LogP contribution is 2.23. The van der Waals surface area contributed by atoms with Crippen LogP contribution in [0.4, 0.5) is 0 Å². The van der Waals surface area contributed by atoms with Gasteiger partial charge in [0.05, 0.1) is 4.47 Å². The van der Waals surface area contributed by atoms with E-state index in [0.717, 1.165) is 21.5 Å². The number of hydrogen-bond acceptors (Lipinski definition) is 3. The minimum atomic E-state index is 0.473. The minimum Gasteiger partial charge on any atom is -0.490 e. The minimum absolute atomic E-state index is 0.473. The van der Waals surface area contributed by atoms with Gasteiger partial charge >= 0.3 is 0 Å². The third-order valence-corrected chi connectivity index (χ3v) is 3.28. The van der Waals surface area contributed by atoms with Gasteiger partial charge in [-0.3, -0.25) is 0 Å². The fraction of sp³-hybridized carbons (Fsp3) is 0.200. The van der Waals surface area contributed by atoms with Crippen LogP contribution in [0.1, 0.15) is 5.56 Å². The van der Waals surface area contributed by atoms with Crippen molar-refractivity contribution in [1.82, 2.24) is 0 Å². The summed E-state index contributed by atoms with van der Waals surface area (Å²) in [4.78, 5) is 0. The Morgan fingerprint density at radius 2 is 1.42 bits per heavy atom. The maximum absolute atomic E-state index is 5.67. The molecule has 0 bridgehead atoms. The molecular formula is C15H16BrNO2. The molecule has 0 amide bonds. The highest BCUT2D eigenvalue weighted by Gasteiger charge is 2.02. The van der Waals surface area contributed by atoms with Crippen molar-refractivity contribution < 1.29 is 9.47 Å². The Hall–Kier alpha value is -1.52. The van der Waals surface area contributed by atoms with Crippen molar-refractivity contribution in [2.24, 2.45) is 5.73 Å². The molecule has 0 atom stereocenters. The first-order valence-corrected chi connectivity index (χ1v) is 6.88. The molecular weight excluding hydrogens is 306 g/mol. The van der Waals surface area contributed by atoms with E-state index in [1.54, 1.807) is 0 Å². The zero-order valence-corrected chi connectivity index (χ0v) is 12.1. The van der Waals surface area contributed by atoms with Gasteiger partial charge in [-0.1, -0.05) is 30.3 Å². The van der Waals surface area contributed by atoms with Crippen LogP contribution < -0.4 is 15.2 Å². The van der Waals surface area contributed by atoms with Gasteiger partial charge in [0.15, 0.2) is 0 Å². The van der Waals surface area contributed by atoms with Gasteiger partial charge in [0.1, 0.15) is 24.7 Å². The number of nitrogens with two attached hydrogens (primary N) is 1. The van der Waals surface area contributed by atoms with E-state index in [-0.39, 0.29) is 0 Å². The molecule has 2 N–H and O–H groups in total. The second kappa shape index (κ2) is 7.16. The molecule has 2 aromatic carbocycles. The van der Waals surface area contributed by atoms with E-state index < -0.39 is 0 Å². The molecule has 0 saturated carbocycles. The van der Waals surface area contributed by atoms with Crippen LogP contribution in [0.15, 0.2) is 53.0 Å². The lowest BCUT2D eigenvalue weighted by Gasteiger charge is -2.11. The molecule has 19 heavy (non-hydrogen) atoms. The molecule has 0 unspecified atom stereocenters. The average molecular weight is 322 g/mol. The molecule has 0 saturated heterocycles. The first-order chi connectivity index (χ1) is 9.31. The topological polar surface area (TPSA) is 44.5 Å². The fourth-order valence-corrected chi connectivity index (χ4v) is 2.08. The smallest absolute Gasteiger partial charge is 0.133 e. The average Bonchev–Trinajstić information content (AvgIpc) is 2.45. The second-order valence-electron chi connectivity index (χ2n) is 3.94. The maximum atomic E-state index is 5.67. The van der Waals surface area contributed by atoms with E-state index in [0.29, 0.717) is 19.8 Å². The third-order valence-electron chi connectivity index (χ3n) is 2.63. The summed E-state index contributed by atoms with van der Waals surface area (Å²) in [5, 5.41) is 0. The Morgan fingerprint density at radius 3 is 2.11 bits per heavy atom. The van der Waals surface area contributed by atoms with Crippen molar-refractivity contribution in [2.75, 3.05) is 13.2 Å². The third kappa shape index (κ3) is 3.98. The lowest BCUT2D eigenvalue weighted by molar-refractivity contribution is 0.215. The molecule has 0 fully saturated rings. The normalized spacial score (nSPS) is 10.2.